The fraction of sp³-hybridized carbons (Fsp3) is 0.750. The minimum absolute atomic E-state index is 0.137. The van der Waals surface area contributed by atoms with Crippen molar-refractivity contribution in [2.24, 2.45) is 0 Å². The van der Waals surface area contributed by atoms with Crippen LogP contribution in [-0.4, -0.2) is 52.0 Å². The minimum atomic E-state index is -4.62. The Labute approximate surface area is 98.9 Å². The third-order valence-corrected chi connectivity index (χ3v) is 3.30. The molecule has 0 aromatic carbocycles. The van der Waals surface area contributed by atoms with Crippen molar-refractivity contribution in [1.82, 2.24) is 4.90 Å². The van der Waals surface area contributed by atoms with Crippen LogP contribution >= 0.6 is 11.8 Å². The van der Waals surface area contributed by atoms with Crippen LogP contribution in [0.1, 0.15) is 6.92 Å². The van der Waals surface area contributed by atoms with E-state index in [1.807, 2.05) is 0 Å². The van der Waals surface area contributed by atoms with Crippen molar-refractivity contribution < 1.29 is 32.6 Å². The zero-order valence-electron chi connectivity index (χ0n) is 8.73. The Balaban J connectivity index is 2.63. The van der Waals surface area contributed by atoms with E-state index in [-0.39, 0.29) is 5.75 Å². The summed E-state index contributed by atoms with van der Waals surface area (Å²) in [6.07, 6.45) is -5.88. The molecule has 1 heterocycles. The average Bonchev–Trinajstić information content (AvgIpc) is 2.55. The van der Waals surface area contributed by atoms with E-state index < -0.39 is 36.3 Å². The number of hydrogen-bond donors (Lipinski definition) is 1. The summed E-state index contributed by atoms with van der Waals surface area (Å²) in [5, 5.41) is 8.28. The topological polar surface area (TPSA) is 66.8 Å². The number of carboxylic acids is 1. The molecule has 0 saturated carbocycles. The van der Waals surface area contributed by atoms with Gasteiger partial charge in [-0.1, -0.05) is 0 Å². The van der Waals surface area contributed by atoms with E-state index in [2.05, 4.69) is 4.74 Å². The van der Waals surface area contributed by atoms with Crippen LogP contribution in [0, 0.1) is 0 Å². The van der Waals surface area contributed by atoms with Crippen LogP contribution in [0.25, 0.3) is 0 Å². The highest BCUT2D eigenvalue weighted by Gasteiger charge is 2.41. The summed E-state index contributed by atoms with van der Waals surface area (Å²) >= 11 is 1.17. The second-order valence-electron chi connectivity index (χ2n) is 3.36. The van der Waals surface area contributed by atoms with Crippen molar-refractivity contribution in [2.75, 3.05) is 12.4 Å². The van der Waals surface area contributed by atoms with Gasteiger partial charge in [0.2, 0.25) is 0 Å². The van der Waals surface area contributed by atoms with E-state index in [0.717, 1.165) is 4.90 Å². The van der Waals surface area contributed by atoms with E-state index >= 15 is 0 Å². The van der Waals surface area contributed by atoms with Gasteiger partial charge in [-0.3, -0.25) is 4.90 Å². The van der Waals surface area contributed by atoms with E-state index in [0.29, 0.717) is 0 Å². The highest BCUT2D eigenvalue weighted by molar-refractivity contribution is 8.00. The van der Waals surface area contributed by atoms with Crippen molar-refractivity contribution in [2.45, 2.75) is 24.5 Å². The first kappa shape index (κ1) is 13.9. The molecule has 1 fully saturated rings. The fourth-order valence-electron chi connectivity index (χ4n) is 1.33. The number of carbonyl (C=O) groups excluding carboxylic acids is 1. The Kier molecular flexibility index (Phi) is 4.12. The van der Waals surface area contributed by atoms with Crippen molar-refractivity contribution in [3.05, 3.63) is 0 Å². The number of rotatable bonds is 2. The van der Waals surface area contributed by atoms with Crippen molar-refractivity contribution in [3.8, 4) is 0 Å². The first-order valence-electron chi connectivity index (χ1n) is 4.58. The van der Waals surface area contributed by atoms with Crippen molar-refractivity contribution in [3.63, 3.8) is 0 Å². The highest BCUT2D eigenvalue weighted by atomic mass is 32.2. The SMILES string of the molecule is CC1SCC(C(=O)O)N1C(=O)OCC(F)(F)F. The zero-order valence-corrected chi connectivity index (χ0v) is 9.55. The summed E-state index contributed by atoms with van der Waals surface area (Å²) in [4.78, 5) is 22.9. The number of hydrogen-bond acceptors (Lipinski definition) is 4. The standard InChI is InChI=1S/C8H10F3NO4S/c1-4-12(5(2-17-4)6(13)14)7(15)16-3-8(9,10)11/h4-5H,2-3H2,1H3,(H,13,14). The maximum atomic E-state index is 11.8. The molecule has 1 amide bonds. The lowest BCUT2D eigenvalue weighted by molar-refractivity contribution is -0.163. The minimum Gasteiger partial charge on any atom is -0.480 e. The van der Waals surface area contributed by atoms with Gasteiger partial charge in [-0.25, -0.2) is 9.59 Å². The lowest BCUT2D eigenvalue weighted by atomic mass is 10.3. The molecular formula is C8H10F3NO4S. The molecule has 2 atom stereocenters. The van der Waals surface area contributed by atoms with Gasteiger partial charge >= 0.3 is 18.2 Å². The van der Waals surface area contributed by atoms with Crippen LogP contribution in [-0.2, 0) is 9.53 Å². The monoisotopic (exact) mass is 273 g/mol. The van der Waals surface area contributed by atoms with Crippen LogP contribution in [0.5, 0.6) is 0 Å². The number of amides is 1. The summed E-state index contributed by atoms with van der Waals surface area (Å²) in [6, 6.07) is -1.14. The Morgan fingerprint density at radius 2 is 2.12 bits per heavy atom. The molecule has 1 rings (SSSR count). The summed E-state index contributed by atoms with van der Waals surface area (Å²) in [5.74, 6) is -1.12. The molecule has 0 bridgehead atoms. The van der Waals surface area contributed by atoms with Gasteiger partial charge in [-0.05, 0) is 6.92 Å². The van der Waals surface area contributed by atoms with Crippen LogP contribution in [0.15, 0.2) is 0 Å². The Hall–Kier alpha value is -1.12. The first-order chi connectivity index (χ1) is 7.72. The van der Waals surface area contributed by atoms with Gasteiger partial charge in [0.05, 0.1) is 5.37 Å². The summed E-state index contributed by atoms with van der Waals surface area (Å²) in [5.41, 5.74) is 0. The number of ether oxygens (including phenoxy) is 1. The van der Waals surface area contributed by atoms with Crippen LogP contribution in [0.3, 0.4) is 0 Å². The third kappa shape index (κ3) is 3.69. The van der Waals surface area contributed by atoms with E-state index in [1.54, 1.807) is 0 Å². The zero-order chi connectivity index (χ0) is 13.2. The van der Waals surface area contributed by atoms with Crippen LogP contribution in [0.4, 0.5) is 18.0 Å². The van der Waals surface area contributed by atoms with Gasteiger partial charge in [0.15, 0.2) is 6.61 Å². The molecule has 0 spiro atoms. The number of carbonyl (C=O) groups is 2. The summed E-state index contributed by atoms with van der Waals surface area (Å²) in [6.45, 7) is -0.186. The fourth-order valence-corrected chi connectivity index (χ4v) is 2.49. The molecule has 1 aliphatic heterocycles. The van der Waals surface area contributed by atoms with Gasteiger partial charge < -0.3 is 9.84 Å². The predicted octanol–water partition coefficient (Wildman–Crippen LogP) is 1.53. The maximum Gasteiger partial charge on any atom is 0.422 e. The molecule has 9 heteroatoms. The Morgan fingerprint density at radius 3 is 2.59 bits per heavy atom. The molecule has 1 N–H and O–H groups in total. The number of halogens is 3. The second-order valence-corrected chi connectivity index (χ2v) is 4.71. The second kappa shape index (κ2) is 5.03. The molecular weight excluding hydrogens is 263 g/mol. The van der Waals surface area contributed by atoms with Gasteiger partial charge in [0.25, 0.3) is 0 Å². The molecule has 1 aliphatic rings. The third-order valence-electron chi connectivity index (χ3n) is 2.08. The largest absolute Gasteiger partial charge is 0.480 e. The smallest absolute Gasteiger partial charge is 0.422 e. The van der Waals surface area contributed by atoms with Gasteiger partial charge in [0, 0.05) is 5.75 Å². The number of aliphatic carboxylic acids is 1. The van der Waals surface area contributed by atoms with Gasteiger partial charge in [-0.15, -0.1) is 11.8 Å². The molecule has 2 unspecified atom stereocenters. The normalized spacial score (nSPS) is 24.8. The van der Waals surface area contributed by atoms with E-state index in [4.69, 9.17) is 5.11 Å². The molecule has 1 saturated heterocycles. The lowest BCUT2D eigenvalue weighted by Gasteiger charge is -2.24. The van der Waals surface area contributed by atoms with Crippen molar-refractivity contribution in [1.29, 1.82) is 0 Å². The molecule has 0 radical (unpaired) electrons. The highest BCUT2D eigenvalue weighted by Crippen LogP contribution is 2.29. The number of carboxylic acid groups (broad SMARTS) is 1. The Bertz CT molecular complexity index is 322. The molecule has 0 aromatic rings. The number of thioether (sulfide) groups is 1. The average molecular weight is 273 g/mol. The molecule has 0 aromatic heterocycles. The molecule has 98 valence electrons. The van der Waals surface area contributed by atoms with Gasteiger partial charge in [0.1, 0.15) is 6.04 Å². The molecule has 5 nitrogen and oxygen atoms in total. The number of alkyl halides is 3. The number of nitrogens with zero attached hydrogens (tertiary/aromatic N) is 1. The van der Waals surface area contributed by atoms with E-state index in [9.17, 15) is 22.8 Å². The molecule has 17 heavy (non-hydrogen) atoms. The van der Waals surface area contributed by atoms with Crippen molar-refractivity contribution >= 4 is 23.8 Å². The predicted molar refractivity (Wildman–Crippen MR) is 52.6 cm³/mol. The van der Waals surface area contributed by atoms with Crippen LogP contribution < -0.4 is 0 Å². The summed E-state index contributed by atoms with van der Waals surface area (Å²) in [7, 11) is 0. The lowest BCUT2D eigenvalue weighted by Crippen LogP contribution is -2.45. The maximum absolute atomic E-state index is 11.8. The van der Waals surface area contributed by atoms with Crippen LogP contribution in [0.2, 0.25) is 0 Å². The first-order valence-corrected chi connectivity index (χ1v) is 5.63. The van der Waals surface area contributed by atoms with Gasteiger partial charge in [-0.2, -0.15) is 13.2 Å². The molecule has 0 aliphatic carbocycles. The summed E-state index contributed by atoms with van der Waals surface area (Å²) < 4.78 is 39.5. The Morgan fingerprint density at radius 1 is 1.53 bits per heavy atom. The quantitative estimate of drug-likeness (QED) is 0.826. The van der Waals surface area contributed by atoms with E-state index in [1.165, 1.54) is 18.7 Å².